The number of benzene rings is 2. The molecule has 0 saturated carbocycles. The van der Waals surface area contributed by atoms with Gasteiger partial charge in [-0.3, -0.25) is 9.59 Å². The molecule has 0 radical (unpaired) electrons. The molecule has 8 nitrogen and oxygen atoms in total. The van der Waals surface area contributed by atoms with E-state index in [4.69, 9.17) is 14.2 Å². The fourth-order valence-corrected chi connectivity index (χ4v) is 3.12. The van der Waals surface area contributed by atoms with Gasteiger partial charge in [0.05, 0.1) is 19.3 Å². The Labute approximate surface area is 182 Å². The Bertz CT molecular complexity index is 851. The standard InChI is InChI=1S/C23H29N3O5/c1-29-13-11-24-23(28)17-7-9-18(10-8-17)26-22(27)15-25-19-4-2-5-20(14-19)31-16-21-6-3-12-30-21/h2,4-5,7-10,14,21,25H,3,6,11-13,15-16H2,1H3,(H,24,28)(H,26,27). The van der Waals surface area contributed by atoms with E-state index in [9.17, 15) is 9.59 Å². The highest BCUT2D eigenvalue weighted by atomic mass is 16.5. The zero-order valence-corrected chi connectivity index (χ0v) is 17.7. The Balaban J connectivity index is 1.42. The lowest BCUT2D eigenvalue weighted by Gasteiger charge is -2.13. The lowest BCUT2D eigenvalue weighted by atomic mass is 10.2. The van der Waals surface area contributed by atoms with E-state index in [0.717, 1.165) is 30.9 Å². The molecule has 3 N–H and O–H groups in total. The maximum absolute atomic E-state index is 12.2. The second-order valence-corrected chi connectivity index (χ2v) is 7.20. The Morgan fingerprint density at radius 2 is 1.97 bits per heavy atom. The first-order valence-corrected chi connectivity index (χ1v) is 10.4. The maximum Gasteiger partial charge on any atom is 0.251 e. The van der Waals surface area contributed by atoms with Crippen LogP contribution in [0.2, 0.25) is 0 Å². The molecule has 0 aromatic heterocycles. The highest BCUT2D eigenvalue weighted by Gasteiger charge is 2.16. The zero-order valence-electron chi connectivity index (χ0n) is 17.7. The summed E-state index contributed by atoms with van der Waals surface area (Å²) in [5, 5.41) is 8.65. The number of amides is 2. The predicted octanol–water partition coefficient (Wildman–Crippen LogP) is 2.67. The van der Waals surface area contributed by atoms with Crippen LogP contribution in [0, 0.1) is 0 Å². The van der Waals surface area contributed by atoms with Crippen LogP contribution in [0.3, 0.4) is 0 Å². The molecule has 1 saturated heterocycles. The number of nitrogens with one attached hydrogen (secondary N) is 3. The normalized spacial score (nSPS) is 15.3. The molecular weight excluding hydrogens is 398 g/mol. The summed E-state index contributed by atoms with van der Waals surface area (Å²) in [7, 11) is 1.58. The largest absolute Gasteiger partial charge is 0.491 e. The first-order chi connectivity index (χ1) is 15.1. The molecule has 1 heterocycles. The first kappa shape index (κ1) is 22.6. The van der Waals surface area contributed by atoms with E-state index in [0.29, 0.717) is 31.0 Å². The second kappa shape index (κ2) is 11.9. The average Bonchev–Trinajstić information content (AvgIpc) is 3.31. The minimum atomic E-state index is -0.192. The van der Waals surface area contributed by atoms with Crippen LogP contribution < -0.4 is 20.7 Å². The van der Waals surface area contributed by atoms with Gasteiger partial charge in [-0.15, -0.1) is 0 Å². The van der Waals surface area contributed by atoms with E-state index >= 15 is 0 Å². The molecular formula is C23H29N3O5. The van der Waals surface area contributed by atoms with Crippen LogP contribution in [-0.2, 0) is 14.3 Å². The molecule has 2 aromatic rings. The maximum atomic E-state index is 12.2. The number of rotatable bonds is 11. The van der Waals surface area contributed by atoms with Crippen LogP contribution in [0.1, 0.15) is 23.2 Å². The minimum absolute atomic E-state index is 0.106. The monoisotopic (exact) mass is 427 g/mol. The van der Waals surface area contributed by atoms with E-state index in [1.165, 1.54) is 0 Å². The molecule has 0 aliphatic carbocycles. The van der Waals surface area contributed by atoms with Gasteiger partial charge >= 0.3 is 0 Å². The van der Waals surface area contributed by atoms with Gasteiger partial charge in [-0.25, -0.2) is 0 Å². The molecule has 3 rings (SSSR count). The van der Waals surface area contributed by atoms with Crippen LogP contribution in [0.5, 0.6) is 5.75 Å². The van der Waals surface area contributed by atoms with Crippen LogP contribution in [0.15, 0.2) is 48.5 Å². The van der Waals surface area contributed by atoms with Gasteiger partial charge < -0.3 is 30.2 Å². The highest BCUT2D eigenvalue weighted by Crippen LogP contribution is 2.19. The predicted molar refractivity (Wildman–Crippen MR) is 119 cm³/mol. The van der Waals surface area contributed by atoms with Gasteiger partial charge in [-0.2, -0.15) is 0 Å². The van der Waals surface area contributed by atoms with Crippen molar-refractivity contribution in [2.45, 2.75) is 18.9 Å². The van der Waals surface area contributed by atoms with E-state index in [1.54, 1.807) is 31.4 Å². The molecule has 8 heteroatoms. The van der Waals surface area contributed by atoms with Crippen molar-refractivity contribution in [2.24, 2.45) is 0 Å². The first-order valence-electron chi connectivity index (χ1n) is 10.4. The Morgan fingerprint density at radius 3 is 2.71 bits per heavy atom. The molecule has 1 atom stereocenters. The zero-order chi connectivity index (χ0) is 21.9. The number of methoxy groups -OCH3 is 1. The van der Waals surface area contributed by atoms with Gasteiger partial charge in [0.25, 0.3) is 5.91 Å². The topological polar surface area (TPSA) is 97.9 Å². The average molecular weight is 428 g/mol. The van der Waals surface area contributed by atoms with Crippen molar-refractivity contribution < 1.29 is 23.8 Å². The van der Waals surface area contributed by atoms with Gasteiger partial charge in [0, 0.05) is 43.3 Å². The lowest BCUT2D eigenvalue weighted by molar-refractivity contribution is -0.114. The number of anilines is 2. The van der Waals surface area contributed by atoms with Gasteiger partial charge in [0.1, 0.15) is 12.4 Å². The van der Waals surface area contributed by atoms with E-state index in [-0.39, 0.29) is 24.5 Å². The molecule has 31 heavy (non-hydrogen) atoms. The third kappa shape index (κ3) is 7.58. The molecule has 1 fully saturated rings. The van der Waals surface area contributed by atoms with Crippen molar-refractivity contribution >= 4 is 23.2 Å². The van der Waals surface area contributed by atoms with Crippen LogP contribution in [-0.4, -0.2) is 57.9 Å². The smallest absolute Gasteiger partial charge is 0.251 e. The van der Waals surface area contributed by atoms with Crippen molar-refractivity contribution in [2.75, 3.05) is 50.7 Å². The molecule has 1 aliphatic rings. The number of carbonyl (C=O) groups excluding carboxylic acids is 2. The second-order valence-electron chi connectivity index (χ2n) is 7.20. The SMILES string of the molecule is COCCNC(=O)c1ccc(NC(=O)CNc2cccc(OCC3CCCO3)c2)cc1. The minimum Gasteiger partial charge on any atom is -0.491 e. The van der Waals surface area contributed by atoms with Gasteiger partial charge in [-0.05, 0) is 49.2 Å². The summed E-state index contributed by atoms with van der Waals surface area (Å²) in [6.07, 6.45) is 2.26. The fraction of sp³-hybridized carbons (Fsp3) is 0.391. The van der Waals surface area contributed by atoms with Crippen molar-refractivity contribution in [3.63, 3.8) is 0 Å². The van der Waals surface area contributed by atoms with Crippen molar-refractivity contribution in [3.8, 4) is 5.75 Å². The summed E-state index contributed by atoms with van der Waals surface area (Å²) >= 11 is 0. The van der Waals surface area contributed by atoms with Crippen molar-refractivity contribution in [1.29, 1.82) is 0 Å². The van der Waals surface area contributed by atoms with Gasteiger partial charge in [0.2, 0.25) is 5.91 Å². The van der Waals surface area contributed by atoms with Crippen LogP contribution in [0.25, 0.3) is 0 Å². The molecule has 0 bridgehead atoms. The Kier molecular flexibility index (Phi) is 8.69. The van der Waals surface area contributed by atoms with E-state index < -0.39 is 0 Å². The van der Waals surface area contributed by atoms with Gasteiger partial charge in [-0.1, -0.05) is 6.07 Å². The molecule has 1 unspecified atom stereocenters. The number of ether oxygens (including phenoxy) is 3. The molecule has 2 aromatic carbocycles. The summed E-state index contributed by atoms with van der Waals surface area (Å²) in [4.78, 5) is 24.2. The van der Waals surface area contributed by atoms with Crippen molar-refractivity contribution in [1.82, 2.24) is 5.32 Å². The number of hydrogen-bond acceptors (Lipinski definition) is 6. The third-order valence-electron chi connectivity index (χ3n) is 4.77. The molecule has 0 spiro atoms. The summed E-state index contributed by atoms with van der Waals surface area (Å²) in [5.41, 5.74) is 1.93. The summed E-state index contributed by atoms with van der Waals surface area (Å²) in [6, 6.07) is 14.2. The van der Waals surface area contributed by atoms with E-state index in [1.807, 2.05) is 24.3 Å². The third-order valence-corrected chi connectivity index (χ3v) is 4.77. The van der Waals surface area contributed by atoms with Crippen molar-refractivity contribution in [3.05, 3.63) is 54.1 Å². The Hall–Kier alpha value is -3.10. The summed E-state index contributed by atoms with van der Waals surface area (Å²) in [6.45, 7) is 2.34. The van der Waals surface area contributed by atoms with Crippen LogP contribution >= 0.6 is 0 Å². The highest BCUT2D eigenvalue weighted by molar-refractivity contribution is 5.96. The quantitative estimate of drug-likeness (QED) is 0.477. The molecule has 1 aliphatic heterocycles. The molecule has 2 amide bonds. The van der Waals surface area contributed by atoms with Crippen LogP contribution in [0.4, 0.5) is 11.4 Å². The lowest BCUT2D eigenvalue weighted by Crippen LogP contribution is -2.27. The summed E-state index contributed by atoms with van der Waals surface area (Å²) in [5.74, 6) is 0.362. The van der Waals surface area contributed by atoms with E-state index in [2.05, 4.69) is 16.0 Å². The Morgan fingerprint density at radius 1 is 1.13 bits per heavy atom. The van der Waals surface area contributed by atoms with Gasteiger partial charge in [0.15, 0.2) is 0 Å². The summed E-state index contributed by atoms with van der Waals surface area (Å²) < 4.78 is 16.3. The fourth-order valence-electron chi connectivity index (χ4n) is 3.12. The number of carbonyl (C=O) groups is 2. The molecule has 166 valence electrons. The number of hydrogen-bond donors (Lipinski definition) is 3.